The maximum absolute atomic E-state index is 6.52. The van der Waals surface area contributed by atoms with E-state index in [9.17, 15) is 0 Å². The topological polar surface area (TPSA) is 36.3 Å². The van der Waals surface area contributed by atoms with E-state index in [0.29, 0.717) is 5.02 Å². The first-order valence-corrected chi connectivity index (χ1v) is 9.30. The Morgan fingerprint density at radius 2 is 1.74 bits per heavy atom. The number of hydrogen-bond donors (Lipinski definition) is 0. The first kappa shape index (κ1) is 19.5. The van der Waals surface area contributed by atoms with Crippen LogP contribution in [0.25, 0.3) is 11.1 Å². The van der Waals surface area contributed by atoms with Crippen LogP contribution in [0.2, 0.25) is 5.02 Å². The Labute approximate surface area is 165 Å². The molecular weight excluding hydrogens is 360 g/mol. The minimum atomic E-state index is -0.356. The maximum atomic E-state index is 6.52. The Hall–Kier alpha value is -2.30. The molecule has 142 valence electrons. The van der Waals surface area contributed by atoms with Crippen molar-refractivity contribution < 1.29 is 9.47 Å². The number of ether oxygens (including phenoxy) is 2. The minimum absolute atomic E-state index is 0.126. The predicted molar refractivity (Wildman–Crippen MR) is 109 cm³/mol. The Morgan fingerprint density at radius 3 is 2.33 bits per heavy atom. The van der Waals surface area contributed by atoms with Gasteiger partial charge in [-0.1, -0.05) is 62.7 Å². The molecule has 3 aromatic rings. The van der Waals surface area contributed by atoms with Gasteiger partial charge in [0.15, 0.2) is 0 Å². The van der Waals surface area contributed by atoms with E-state index in [1.807, 2.05) is 59.3 Å². The average molecular weight is 385 g/mol. The van der Waals surface area contributed by atoms with Crippen LogP contribution < -0.4 is 4.74 Å². The minimum Gasteiger partial charge on any atom is -0.467 e. The summed E-state index contributed by atoms with van der Waals surface area (Å²) in [6, 6.07) is 15.7. The standard InChI is InChI=1S/C22H25ClN2O2/c1-22(2,3)20(26-4)21(25-14-13-24-15-25)27-19-8-6-5-7-18(19)16-9-11-17(23)12-10-16/h5-15,20-21H,1-4H3. The van der Waals surface area contributed by atoms with Crippen LogP contribution >= 0.6 is 11.6 Å². The van der Waals surface area contributed by atoms with Crippen LogP contribution in [-0.4, -0.2) is 22.8 Å². The van der Waals surface area contributed by atoms with Crippen LogP contribution in [0.1, 0.15) is 27.0 Å². The normalized spacial score (nSPS) is 14.0. The molecule has 1 aromatic heterocycles. The van der Waals surface area contributed by atoms with Crippen LogP contribution in [0.4, 0.5) is 0 Å². The Kier molecular flexibility index (Phi) is 5.88. The Bertz CT molecular complexity index is 855. The van der Waals surface area contributed by atoms with Crippen LogP contribution in [0.15, 0.2) is 67.3 Å². The molecule has 2 atom stereocenters. The molecule has 2 unspecified atom stereocenters. The number of halogens is 1. The fourth-order valence-electron chi connectivity index (χ4n) is 3.16. The molecule has 27 heavy (non-hydrogen) atoms. The summed E-state index contributed by atoms with van der Waals surface area (Å²) in [5, 5.41) is 0.709. The smallest absolute Gasteiger partial charge is 0.203 e. The van der Waals surface area contributed by atoms with Crippen molar-refractivity contribution in [3.05, 3.63) is 72.3 Å². The number of hydrogen-bond acceptors (Lipinski definition) is 3. The molecule has 0 aliphatic carbocycles. The summed E-state index contributed by atoms with van der Waals surface area (Å²) >= 11 is 6.04. The average Bonchev–Trinajstić information content (AvgIpc) is 3.16. The number of imidazole rings is 1. The summed E-state index contributed by atoms with van der Waals surface area (Å²) in [5.74, 6) is 0.782. The van der Waals surface area contributed by atoms with Crippen molar-refractivity contribution in [2.75, 3.05) is 7.11 Å². The maximum Gasteiger partial charge on any atom is 0.203 e. The molecule has 4 nitrogen and oxygen atoms in total. The van der Waals surface area contributed by atoms with E-state index < -0.39 is 0 Å². The molecule has 0 spiro atoms. The van der Waals surface area contributed by atoms with E-state index in [0.717, 1.165) is 16.9 Å². The van der Waals surface area contributed by atoms with Crippen LogP contribution in [0.3, 0.4) is 0 Å². The summed E-state index contributed by atoms with van der Waals surface area (Å²) in [6.07, 6.45) is 4.87. The summed E-state index contributed by atoms with van der Waals surface area (Å²) in [7, 11) is 1.72. The van der Waals surface area contributed by atoms with Crippen LogP contribution in [-0.2, 0) is 4.74 Å². The number of benzene rings is 2. The van der Waals surface area contributed by atoms with E-state index in [1.165, 1.54) is 0 Å². The second-order valence-corrected chi connectivity index (χ2v) is 7.98. The van der Waals surface area contributed by atoms with Crippen LogP contribution in [0.5, 0.6) is 5.75 Å². The van der Waals surface area contributed by atoms with Gasteiger partial charge in [0.1, 0.15) is 11.9 Å². The zero-order valence-corrected chi connectivity index (χ0v) is 16.9. The van der Waals surface area contributed by atoms with Gasteiger partial charge >= 0.3 is 0 Å². The highest BCUT2D eigenvalue weighted by atomic mass is 35.5. The molecule has 2 aromatic carbocycles. The van der Waals surface area contributed by atoms with Crippen molar-refractivity contribution in [3.8, 4) is 16.9 Å². The molecule has 0 aliphatic rings. The Morgan fingerprint density at radius 1 is 1.04 bits per heavy atom. The van der Waals surface area contributed by atoms with Gasteiger partial charge < -0.3 is 9.47 Å². The third kappa shape index (κ3) is 4.52. The lowest BCUT2D eigenvalue weighted by atomic mass is 9.87. The number of para-hydroxylation sites is 1. The fourth-order valence-corrected chi connectivity index (χ4v) is 3.29. The zero-order chi connectivity index (χ0) is 19.4. The van der Waals surface area contributed by atoms with Gasteiger partial charge in [-0.15, -0.1) is 0 Å². The third-order valence-electron chi connectivity index (χ3n) is 4.48. The third-order valence-corrected chi connectivity index (χ3v) is 4.73. The predicted octanol–water partition coefficient (Wildman–Crippen LogP) is 5.84. The zero-order valence-electron chi connectivity index (χ0n) is 16.1. The SMILES string of the molecule is COC(C(Oc1ccccc1-c1ccc(Cl)cc1)n1ccnc1)C(C)(C)C. The van der Waals surface area contributed by atoms with Crippen molar-refractivity contribution in [2.45, 2.75) is 33.1 Å². The van der Waals surface area contributed by atoms with Crippen molar-refractivity contribution in [2.24, 2.45) is 5.41 Å². The molecule has 0 fully saturated rings. The van der Waals surface area contributed by atoms with Crippen molar-refractivity contribution in [3.63, 3.8) is 0 Å². The van der Waals surface area contributed by atoms with Gasteiger partial charge in [0.05, 0.1) is 6.33 Å². The number of methoxy groups -OCH3 is 1. The van der Waals surface area contributed by atoms with Gasteiger partial charge in [0, 0.05) is 30.1 Å². The molecule has 1 heterocycles. The van der Waals surface area contributed by atoms with Gasteiger partial charge in [-0.2, -0.15) is 0 Å². The molecule has 0 saturated heterocycles. The van der Waals surface area contributed by atoms with E-state index in [2.05, 4.69) is 25.8 Å². The van der Waals surface area contributed by atoms with E-state index in [-0.39, 0.29) is 17.7 Å². The summed E-state index contributed by atoms with van der Waals surface area (Å²) in [6.45, 7) is 6.42. The Balaban J connectivity index is 2.01. The largest absolute Gasteiger partial charge is 0.467 e. The van der Waals surface area contributed by atoms with E-state index in [1.54, 1.807) is 19.6 Å². The molecule has 0 N–H and O–H groups in total. The van der Waals surface area contributed by atoms with Gasteiger partial charge in [-0.3, -0.25) is 4.57 Å². The van der Waals surface area contributed by atoms with Crippen molar-refractivity contribution in [1.82, 2.24) is 9.55 Å². The second kappa shape index (κ2) is 8.15. The molecule has 0 aliphatic heterocycles. The fraction of sp³-hybridized carbons (Fsp3) is 0.318. The molecule has 3 rings (SSSR count). The number of aromatic nitrogens is 2. The first-order chi connectivity index (χ1) is 12.9. The highest BCUT2D eigenvalue weighted by Gasteiger charge is 2.35. The lowest BCUT2D eigenvalue weighted by Crippen LogP contribution is -2.39. The van der Waals surface area contributed by atoms with Gasteiger partial charge in [0.2, 0.25) is 6.23 Å². The van der Waals surface area contributed by atoms with E-state index >= 15 is 0 Å². The van der Waals surface area contributed by atoms with Gasteiger partial charge in [-0.25, -0.2) is 4.98 Å². The molecule has 5 heteroatoms. The first-order valence-electron chi connectivity index (χ1n) is 8.92. The van der Waals surface area contributed by atoms with Crippen molar-refractivity contribution in [1.29, 1.82) is 0 Å². The monoisotopic (exact) mass is 384 g/mol. The summed E-state index contributed by atoms with van der Waals surface area (Å²) in [4.78, 5) is 4.19. The van der Waals surface area contributed by atoms with Gasteiger partial charge in [-0.05, 0) is 29.2 Å². The summed E-state index contributed by atoms with van der Waals surface area (Å²) < 4.78 is 14.3. The van der Waals surface area contributed by atoms with E-state index in [4.69, 9.17) is 21.1 Å². The lowest BCUT2D eigenvalue weighted by molar-refractivity contribution is -0.0908. The highest BCUT2D eigenvalue weighted by Crippen LogP contribution is 2.37. The number of nitrogens with zero attached hydrogens (tertiary/aromatic N) is 2. The molecule has 0 saturated carbocycles. The lowest BCUT2D eigenvalue weighted by Gasteiger charge is -2.36. The second-order valence-electron chi connectivity index (χ2n) is 7.54. The quantitative estimate of drug-likeness (QED) is 0.535. The summed E-state index contributed by atoms with van der Waals surface area (Å²) in [5.41, 5.74) is 1.92. The molecule has 0 bridgehead atoms. The van der Waals surface area contributed by atoms with Gasteiger partial charge in [0.25, 0.3) is 0 Å². The highest BCUT2D eigenvalue weighted by molar-refractivity contribution is 6.30. The van der Waals surface area contributed by atoms with Crippen molar-refractivity contribution >= 4 is 11.6 Å². The molecule has 0 radical (unpaired) electrons. The van der Waals surface area contributed by atoms with Crippen LogP contribution in [0, 0.1) is 5.41 Å². The number of rotatable bonds is 6. The molecular formula is C22H25ClN2O2. The molecule has 0 amide bonds.